The smallest absolute Gasteiger partial charge is 0.317 e. The van der Waals surface area contributed by atoms with Gasteiger partial charge in [-0.3, -0.25) is 4.79 Å². The van der Waals surface area contributed by atoms with Gasteiger partial charge in [-0.1, -0.05) is 26.0 Å². The van der Waals surface area contributed by atoms with E-state index in [2.05, 4.69) is 19.2 Å². The van der Waals surface area contributed by atoms with E-state index in [1.165, 1.54) is 12.1 Å². The molecule has 1 aliphatic rings. The molecule has 1 aromatic carbocycles. The minimum atomic E-state index is -0.288. The molecule has 0 radical (unpaired) electrons. The Hall–Kier alpha value is -2.11. The van der Waals surface area contributed by atoms with Gasteiger partial charge in [0.2, 0.25) is 5.91 Å². The molecular weight excluding hydrogens is 309 g/mol. The molecule has 6 heteroatoms. The number of hydrogen-bond acceptors (Lipinski definition) is 2. The molecule has 0 bridgehead atoms. The summed E-state index contributed by atoms with van der Waals surface area (Å²) in [5, 5.41) is 2.80. The number of benzene rings is 1. The monoisotopic (exact) mass is 335 g/mol. The first-order valence-corrected chi connectivity index (χ1v) is 8.49. The molecule has 1 unspecified atom stereocenters. The third-order valence-corrected chi connectivity index (χ3v) is 4.37. The van der Waals surface area contributed by atoms with Gasteiger partial charge in [0.15, 0.2) is 0 Å². The first-order chi connectivity index (χ1) is 11.4. The maximum Gasteiger partial charge on any atom is 0.317 e. The van der Waals surface area contributed by atoms with Crippen molar-refractivity contribution in [2.24, 2.45) is 5.92 Å². The number of rotatable bonds is 4. The lowest BCUT2D eigenvalue weighted by molar-refractivity contribution is -0.134. The van der Waals surface area contributed by atoms with Crippen molar-refractivity contribution in [2.45, 2.75) is 39.8 Å². The summed E-state index contributed by atoms with van der Waals surface area (Å²) in [5.41, 5.74) is 0.891. The lowest BCUT2D eigenvalue weighted by Gasteiger charge is -2.34. The average molecular weight is 335 g/mol. The molecule has 1 fully saturated rings. The number of nitrogens with one attached hydrogen (secondary N) is 1. The summed E-state index contributed by atoms with van der Waals surface area (Å²) < 4.78 is 13.1. The Balaban J connectivity index is 2.19. The number of urea groups is 1. The highest BCUT2D eigenvalue weighted by molar-refractivity contribution is 5.80. The van der Waals surface area contributed by atoms with Gasteiger partial charge in [0.1, 0.15) is 5.82 Å². The van der Waals surface area contributed by atoms with Crippen molar-refractivity contribution >= 4 is 11.9 Å². The Morgan fingerprint density at radius 1 is 1.33 bits per heavy atom. The molecule has 24 heavy (non-hydrogen) atoms. The highest BCUT2D eigenvalue weighted by Crippen LogP contribution is 2.21. The molecule has 0 aliphatic carbocycles. The van der Waals surface area contributed by atoms with Crippen LogP contribution in [0.5, 0.6) is 0 Å². The Bertz CT molecular complexity index is 574. The molecule has 1 aliphatic heterocycles. The van der Waals surface area contributed by atoms with Crippen LogP contribution in [0.2, 0.25) is 0 Å². The Morgan fingerprint density at radius 2 is 2.00 bits per heavy atom. The van der Waals surface area contributed by atoms with Gasteiger partial charge >= 0.3 is 6.03 Å². The summed E-state index contributed by atoms with van der Waals surface area (Å²) in [6.45, 7) is 7.92. The van der Waals surface area contributed by atoms with E-state index in [1.54, 1.807) is 17.0 Å². The number of halogens is 1. The Kier molecular flexibility index (Phi) is 6.17. The summed E-state index contributed by atoms with van der Waals surface area (Å²) in [7, 11) is 0. The number of nitrogens with zero attached hydrogens (tertiary/aromatic N) is 2. The Labute approximate surface area is 142 Å². The zero-order chi connectivity index (χ0) is 17.7. The summed E-state index contributed by atoms with van der Waals surface area (Å²) in [6.07, 6.45) is 0.307. The van der Waals surface area contributed by atoms with Crippen molar-refractivity contribution in [3.8, 4) is 0 Å². The molecule has 1 atom stereocenters. The lowest BCUT2D eigenvalue weighted by atomic mass is 10.0. The van der Waals surface area contributed by atoms with Crippen LogP contribution >= 0.6 is 0 Å². The van der Waals surface area contributed by atoms with Crippen LogP contribution in [0.15, 0.2) is 24.3 Å². The van der Waals surface area contributed by atoms with E-state index < -0.39 is 0 Å². The molecular formula is C18H26FN3O2. The van der Waals surface area contributed by atoms with Crippen molar-refractivity contribution in [1.29, 1.82) is 0 Å². The van der Waals surface area contributed by atoms with Crippen LogP contribution in [0.4, 0.5) is 9.18 Å². The molecule has 2 rings (SSSR count). The molecule has 0 saturated carbocycles. The van der Waals surface area contributed by atoms with Crippen LogP contribution in [0.3, 0.4) is 0 Å². The molecule has 1 heterocycles. The fourth-order valence-corrected chi connectivity index (χ4v) is 2.98. The van der Waals surface area contributed by atoms with E-state index in [0.717, 1.165) is 5.56 Å². The SMILES string of the molecule is CCNC(=O)N1CCC(=O)N(Cc2ccc(F)cc2)C(C(C)C)C1. The summed E-state index contributed by atoms with van der Waals surface area (Å²) in [5.74, 6) is -0.0435. The third kappa shape index (κ3) is 4.46. The van der Waals surface area contributed by atoms with E-state index in [-0.39, 0.29) is 29.7 Å². The second kappa shape index (κ2) is 8.13. The normalized spacial score (nSPS) is 18.7. The van der Waals surface area contributed by atoms with Gasteiger partial charge in [-0.2, -0.15) is 0 Å². The van der Waals surface area contributed by atoms with Gasteiger partial charge in [0.05, 0.1) is 6.04 Å². The van der Waals surface area contributed by atoms with Gasteiger partial charge in [-0.25, -0.2) is 9.18 Å². The fourth-order valence-electron chi connectivity index (χ4n) is 2.98. The predicted octanol–water partition coefficient (Wildman–Crippen LogP) is 2.61. The molecule has 0 aromatic heterocycles. The number of carbonyl (C=O) groups is 2. The zero-order valence-electron chi connectivity index (χ0n) is 14.6. The second-order valence-corrected chi connectivity index (χ2v) is 6.49. The number of carbonyl (C=O) groups excluding carboxylic acids is 2. The van der Waals surface area contributed by atoms with Crippen LogP contribution in [0.1, 0.15) is 32.8 Å². The number of hydrogen-bond donors (Lipinski definition) is 1. The molecule has 1 aromatic rings. The first kappa shape index (κ1) is 18.2. The first-order valence-electron chi connectivity index (χ1n) is 8.49. The molecule has 0 spiro atoms. The zero-order valence-corrected chi connectivity index (χ0v) is 14.6. The number of amides is 3. The fraction of sp³-hybridized carbons (Fsp3) is 0.556. The van der Waals surface area contributed by atoms with E-state index >= 15 is 0 Å². The Morgan fingerprint density at radius 3 is 2.58 bits per heavy atom. The van der Waals surface area contributed by atoms with E-state index in [4.69, 9.17) is 0 Å². The van der Waals surface area contributed by atoms with Gasteiger partial charge in [0, 0.05) is 32.6 Å². The predicted molar refractivity (Wildman–Crippen MR) is 90.8 cm³/mol. The van der Waals surface area contributed by atoms with Gasteiger partial charge < -0.3 is 15.1 Å². The van der Waals surface area contributed by atoms with Crippen LogP contribution in [-0.2, 0) is 11.3 Å². The van der Waals surface area contributed by atoms with Crippen molar-refractivity contribution in [3.05, 3.63) is 35.6 Å². The minimum absolute atomic E-state index is 0.0322. The third-order valence-electron chi connectivity index (χ3n) is 4.37. The van der Waals surface area contributed by atoms with Crippen LogP contribution in [-0.4, -0.2) is 47.4 Å². The van der Waals surface area contributed by atoms with Crippen LogP contribution in [0.25, 0.3) is 0 Å². The molecule has 1 N–H and O–H groups in total. The van der Waals surface area contributed by atoms with Crippen LogP contribution in [0, 0.1) is 11.7 Å². The molecule has 1 saturated heterocycles. The topological polar surface area (TPSA) is 52.7 Å². The maximum absolute atomic E-state index is 13.1. The standard InChI is InChI=1S/C18H26FN3O2/c1-4-20-18(24)21-10-9-17(23)22(16(12-21)13(2)3)11-14-5-7-15(19)8-6-14/h5-8,13,16H,4,9-12H2,1-3H3,(H,20,24). The quantitative estimate of drug-likeness (QED) is 0.919. The second-order valence-electron chi connectivity index (χ2n) is 6.49. The maximum atomic E-state index is 13.1. The molecule has 5 nitrogen and oxygen atoms in total. The van der Waals surface area contributed by atoms with Crippen molar-refractivity contribution < 1.29 is 14.0 Å². The van der Waals surface area contributed by atoms with E-state index in [9.17, 15) is 14.0 Å². The van der Waals surface area contributed by atoms with Crippen molar-refractivity contribution in [1.82, 2.24) is 15.1 Å². The van der Waals surface area contributed by atoms with Crippen molar-refractivity contribution in [2.75, 3.05) is 19.6 Å². The van der Waals surface area contributed by atoms with E-state index in [0.29, 0.717) is 32.6 Å². The molecule has 132 valence electrons. The van der Waals surface area contributed by atoms with Crippen molar-refractivity contribution in [3.63, 3.8) is 0 Å². The molecule has 3 amide bonds. The summed E-state index contributed by atoms with van der Waals surface area (Å²) >= 11 is 0. The van der Waals surface area contributed by atoms with Gasteiger partial charge in [0.25, 0.3) is 0 Å². The highest BCUT2D eigenvalue weighted by Gasteiger charge is 2.33. The van der Waals surface area contributed by atoms with E-state index in [1.807, 2.05) is 11.8 Å². The van der Waals surface area contributed by atoms with Crippen LogP contribution < -0.4 is 5.32 Å². The largest absolute Gasteiger partial charge is 0.338 e. The highest BCUT2D eigenvalue weighted by atomic mass is 19.1. The van der Waals surface area contributed by atoms with Gasteiger partial charge in [-0.15, -0.1) is 0 Å². The average Bonchev–Trinajstić information content (AvgIpc) is 2.70. The summed E-state index contributed by atoms with van der Waals surface area (Å²) in [4.78, 5) is 28.3. The van der Waals surface area contributed by atoms with Gasteiger partial charge in [-0.05, 0) is 30.5 Å². The summed E-state index contributed by atoms with van der Waals surface area (Å²) in [6, 6.07) is 6.03. The minimum Gasteiger partial charge on any atom is -0.338 e. The lowest BCUT2D eigenvalue weighted by Crippen LogP contribution is -2.49.